The lowest BCUT2D eigenvalue weighted by Gasteiger charge is -2.16. The van der Waals surface area contributed by atoms with Crippen LogP contribution in [0, 0.1) is 0 Å². The van der Waals surface area contributed by atoms with Gasteiger partial charge in [0.1, 0.15) is 5.69 Å². The normalized spacial score (nSPS) is 11.5. The van der Waals surface area contributed by atoms with E-state index in [9.17, 15) is 4.79 Å². The Balaban J connectivity index is 1.40. The molecule has 0 aliphatic heterocycles. The van der Waals surface area contributed by atoms with E-state index in [2.05, 4.69) is 78.6 Å². The van der Waals surface area contributed by atoms with Crippen LogP contribution >= 0.6 is 0 Å². The number of fused-ring (bicyclic) bond motifs is 1. The molecule has 0 fully saturated rings. The third kappa shape index (κ3) is 5.94. The molecule has 0 atom stereocenters. The minimum absolute atomic E-state index is 0.0503. The van der Waals surface area contributed by atoms with Crippen molar-refractivity contribution in [3.8, 4) is 0 Å². The van der Waals surface area contributed by atoms with Crippen molar-refractivity contribution in [1.82, 2.24) is 15.2 Å². The lowest BCUT2D eigenvalue weighted by molar-refractivity contribution is 0.0945. The summed E-state index contributed by atoms with van der Waals surface area (Å²) in [6.07, 6.45) is 2.14. The number of carbonyl (C=O) groups excluding carboxylic acids is 1. The van der Waals surface area contributed by atoms with Crippen molar-refractivity contribution >= 4 is 16.8 Å². The first-order chi connectivity index (χ1) is 14.5. The topological polar surface area (TPSA) is 74.2 Å². The van der Waals surface area contributed by atoms with Gasteiger partial charge < -0.3 is 20.9 Å². The number of hydrogen-bond acceptors (Lipinski definition) is 3. The van der Waals surface area contributed by atoms with Gasteiger partial charge in [0.25, 0.3) is 5.91 Å². The first kappa shape index (κ1) is 22.1. The van der Waals surface area contributed by atoms with E-state index in [1.165, 1.54) is 16.7 Å². The van der Waals surface area contributed by atoms with E-state index in [1.54, 1.807) is 0 Å². The van der Waals surface area contributed by atoms with Gasteiger partial charge in [-0.15, -0.1) is 0 Å². The molecule has 160 valence electrons. The Bertz CT molecular complexity index is 959. The van der Waals surface area contributed by atoms with E-state index in [1.807, 2.05) is 6.07 Å². The summed E-state index contributed by atoms with van der Waals surface area (Å²) in [6, 6.07) is 16.8. The number of likely N-dealkylation sites (N-methyl/N-ethyl adjacent to an activating group) is 1. The second-order valence-electron chi connectivity index (χ2n) is 8.37. The average molecular weight is 407 g/mol. The fraction of sp³-hybridized carbons (Fsp3) is 0.400. The fourth-order valence-corrected chi connectivity index (χ4v) is 3.59. The maximum atomic E-state index is 12.5. The zero-order chi connectivity index (χ0) is 21.5. The van der Waals surface area contributed by atoms with Gasteiger partial charge in [0, 0.05) is 30.5 Å². The summed E-state index contributed by atoms with van der Waals surface area (Å²) in [4.78, 5) is 18.0. The zero-order valence-corrected chi connectivity index (χ0v) is 18.4. The Kier molecular flexibility index (Phi) is 7.66. The number of nitrogens with two attached hydrogens (primary N) is 1. The van der Waals surface area contributed by atoms with E-state index in [-0.39, 0.29) is 5.91 Å². The highest BCUT2D eigenvalue weighted by Gasteiger charge is 2.10. The minimum atomic E-state index is -0.0503. The highest BCUT2D eigenvalue weighted by molar-refractivity contribution is 5.98. The number of benzene rings is 2. The number of rotatable bonds is 10. The number of amides is 1. The van der Waals surface area contributed by atoms with Crippen LogP contribution < -0.4 is 11.1 Å². The summed E-state index contributed by atoms with van der Waals surface area (Å²) in [5.41, 5.74) is 11.1. The number of aromatic nitrogens is 1. The molecule has 3 rings (SSSR count). The average Bonchev–Trinajstić information content (AvgIpc) is 3.17. The highest BCUT2D eigenvalue weighted by Crippen LogP contribution is 2.22. The van der Waals surface area contributed by atoms with E-state index in [0.717, 1.165) is 36.8 Å². The Morgan fingerprint density at radius 3 is 2.50 bits per heavy atom. The van der Waals surface area contributed by atoms with Crippen LogP contribution in [0.1, 0.15) is 53.4 Å². The molecule has 1 aromatic heterocycles. The summed E-state index contributed by atoms with van der Waals surface area (Å²) in [5.74, 6) is 0.424. The van der Waals surface area contributed by atoms with E-state index >= 15 is 0 Å². The smallest absolute Gasteiger partial charge is 0.267 e. The molecule has 0 aliphatic rings. The van der Waals surface area contributed by atoms with Gasteiger partial charge in [-0.2, -0.15) is 0 Å². The lowest BCUT2D eigenvalue weighted by Crippen LogP contribution is -2.33. The molecule has 0 unspecified atom stereocenters. The second kappa shape index (κ2) is 10.4. The van der Waals surface area contributed by atoms with Crippen molar-refractivity contribution in [2.45, 2.75) is 39.2 Å². The number of carbonyl (C=O) groups is 1. The van der Waals surface area contributed by atoms with Crippen molar-refractivity contribution in [3.05, 3.63) is 70.9 Å². The molecule has 3 aromatic rings. The largest absolute Gasteiger partial charge is 0.351 e. The Morgan fingerprint density at radius 1 is 1.07 bits per heavy atom. The molecule has 1 heterocycles. The Morgan fingerprint density at radius 2 is 1.80 bits per heavy atom. The molecule has 0 spiro atoms. The predicted molar refractivity (Wildman–Crippen MR) is 125 cm³/mol. The van der Waals surface area contributed by atoms with Crippen molar-refractivity contribution in [3.63, 3.8) is 0 Å². The van der Waals surface area contributed by atoms with E-state index in [4.69, 9.17) is 5.73 Å². The first-order valence-corrected chi connectivity index (χ1v) is 10.8. The van der Waals surface area contributed by atoms with Crippen molar-refractivity contribution in [2.75, 3.05) is 26.7 Å². The van der Waals surface area contributed by atoms with Gasteiger partial charge in [0.2, 0.25) is 0 Å². The monoisotopic (exact) mass is 406 g/mol. The molecule has 0 radical (unpaired) electrons. The van der Waals surface area contributed by atoms with Gasteiger partial charge in [-0.1, -0.05) is 44.2 Å². The molecule has 1 amide bonds. The summed E-state index contributed by atoms with van der Waals surface area (Å²) < 4.78 is 0. The van der Waals surface area contributed by atoms with Gasteiger partial charge in [0.05, 0.1) is 0 Å². The van der Waals surface area contributed by atoms with Crippen molar-refractivity contribution in [2.24, 2.45) is 5.73 Å². The first-order valence-electron chi connectivity index (χ1n) is 10.8. The van der Waals surface area contributed by atoms with Gasteiger partial charge >= 0.3 is 0 Å². The van der Waals surface area contributed by atoms with Crippen LogP contribution in [0.25, 0.3) is 10.9 Å². The molecule has 0 saturated heterocycles. The maximum Gasteiger partial charge on any atom is 0.267 e. The molecular formula is C25H34N4O. The van der Waals surface area contributed by atoms with Crippen LogP contribution in [0.5, 0.6) is 0 Å². The molecular weight excluding hydrogens is 372 g/mol. The number of nitrogens with zero attached hydrogens (tertiary/aromatic N) is 1. The van der Waals surface area contributed by atoms with Crippen LogP contribution in [-0.2, 0) is 13.0 Å². The van der Waals surface area contributed by atoms with Crippen LogP contribution in [0.4, 0.5) is 0 Å². The molecule has 2 aromatic carbocycles. The quantitative estimate of drug-likeness (QED) is 0.476. The Hall–Kier alpha value is -2.63. The number of aryl methyl sites for hydroxylation is 1. The molecule has 5 nitrogen and oxygen atoms in total. The molecule has 5 heteroatoms. The summed E-state index contributed by atoms with van der Waals surface area (Å²) >= 11 is 0. The third-order valence-electron chi connectivity index (χ3n) is 5.60. The standard InChI is InChI=1S/C25H34N4O/c1-18(2)21-10-11-23-22(15-21)16-24(28-23)25(30)27-12-14-29(3)13-4-5-19-6-8-20(17-26)9-7-19/h6-11,15-16,18,28H,4-5,12-14,17,26H2,1-3H3,(H,27,30). The second-order valence-corrected chi connectivity index (χ2v) is 8.37. The number of aromatic amines is 1. The summed E-state index contributed by atoms with van der Waals surface area (Å²) in [5, 5.41) is 4.11. The molecule has 4 N–H and O–H groups in total. The van der Waals surface area contributed by atoms with E-state index < -0.39 is 0 Å². The van der Waals surface area contributed by atoms with E-state index in [0.29, 0.717) is 24.7 Å². The fourth-order valence-electron chi connectivity index (χ4n) is 3.59. The Labute approximate surface area is 179 Å². The van der Waals surface area contributed by atoms with Crippen molar-refractivity contribution < 1.29 is 4.79 Å². The molecule has 0 aliphatic carbocycles. The van der Waals surface area contributed by atoms with Crippen LogP contribution in [0.15, 0.2) is 48.5 Å². The number of H-pyrrole nitrogens is 1. The van der Waals surface area contributed by atoms with Crippen LogP contribution in [0.2, 0.25) is 0 Å². The van der Waals surface area contributed by atoms with Crippen molar-refractivity contribution in [1.29, 1.82) is 0 Å². The predicted octanol–water partition coefficient (Wildman–Crippen LogP) is 4.04. The number of hydrogen-bond donors (Lipinski definition) is 3. The SMILES string of the molecule is CC(C)c1ccc2[nH]c(C(=O)NCCN(C)CCCc3ccc(CN)cc3)cc2c1. The zero-order valence-electron chi connectivity index (χ0n) is 18.4. The van der Waals surface area contributed by atoms with Crippen LogP contribution in [0.3, 0.4) is 0 Å². The minimum Gasteiger partial charge on any atom is -0.351 e. The number of nitrogens with one attached hydrogen (secondary N) is 2. The molecule has 0 bridgehead atoms. The van der Waals surface area contributed by atoms with Gasteiger partial charge in [-0.05, 0) is 67.2 Å². The van der Waals surface area contributed by atoms with Gasteiger partial charge in [0.15, 0.2) is 0 Å². The molecule has 30 heavy (non-hydrogen) atoms. The molecule has 0 saturated carbocycles. The third-order valence-corrected chi connectivity index (χ3v) is 5.60. The highest BCUT2D eigenvalue weighted by atomic mass is 16.1. The lowest BCUT2D eigenvalue weighted by atomic mass is 10.0. The summed E-state index contributed by atoms with van der Waals surface area (Å²) in [6.45, 7) is 7.40. The summed E-state index contributed by atoms with van der Waals surface area (Å²) in [7, 11) is 2.10. The van der Waals surface area contributed by atoms with Crippen LogP contribution in [-0.4, -0.2) is 42.5 Å². The maximum absolute atomic E-state index is 12.5. The van der Waals surface area contributed by atoms with Gasteiger partial charge in [-0.3, -0.25) is 4.79 Å². The van der Waals surface area contributed by atoms with Gasteiger partial charge in [-0.25, -0.2) is 0 Å².